The molecule has 0 bridgehead atoms. The van der Waals surface area contributed by atoms with Crippen LogP contribution in [0.4, 0.5) is 10.6 Å². The first kappa shape index (κ1) is 23.1. The number of aryl methyl sites for hydroxylation is 1. The minimum absolute atomic E-state index is 0.0199. The third-order valence-corrected chi connectivity index (χ3v) is 5.90. The van der Waals surface area contributed by atoms with Crippen LogP contribution in [0.25, 0.3) is 5.69 Å². The van der Waals surface area contributed by atoms with E-state index in [1.165, 1.54) is 0 Å². The first-order chi connectivity index (χ1) is 15.0. The second kappa shape index (κ2) is 11.2. The summed E-state index contributed by atoms with van der Waals surface area (Å²) in [4.78, 5) is 19.6. The summed E-state index contributed by atoms with van der Waals surface area (Å²) in [6.07, 6.45) is 3.00. The van der Waals surface area contributed by atoms with Crippen molar-refractivity contribution >= 4 is 11.8 Å². The number of likely N-dealkylation sites (N-methyl/N-ethyl adjacent to an activating group) is 1. The maximum absolute atomic E-state index is 12.9. The normalized spacial score (nSPS) is 14.6. The molecule has 2 heterocycles. The number of anilines is 1. The van der Waals surface area contributed by atoms with Gasteiger partial charge in [0.15, 0.2) is 0 Å². The van der Waals surface area contributed by atoms with Crippen LogP contribution in [-0.2, 0) is 6.54 Å². The lowest BCUT2D eigenvalue weighted by Gasteiger charge is -2.35. The Labute approximate surface area is 187 Å². The number of urea groups is 1. The molecular weight excluding hydrogens is 388 g/mol. The van der Waals surface area contributed by atoms with Gasteiger partial charge in [0.2, 0.25) is 0 Å². The molecule has 1 aromatic carbocycles. The van der Waals surface area contributed by atoms with Gasteiger partial charge >= 0.3 is 6.03 Å². The molecule has 0 atom stereocenters. The zero-order valence-corrected chi connectivity index (χ0v) is 19.6. The summed E-state index contributed by atoms with van der Waals surface area (Å²) in [6.45, 7) is 12.3. The molecule has 3 rings (SSSR count). The molecular formula is C24H38N6O. The Morgan fingerprint density at radius 3 is 2.45 bits per heavy atom. The number of carbonyl (C=O) groups is 1. The van der Waals surface area contributed by atoms with Gasteiger partial charge in [-0.3, -0.25) is 0 Å². The fourth-order valence-corrected chi connectivity index (χ4v) is 4.02. The largest absolute Gasteiger partial charge is 0.354 e. The van der Waals surface area contributed by atoms with E-state index < -0.39 is 0 Å². The van der Waals surface area contributed by atoms with Crippen LogP contribution < -0.4 is 10.2 Å². The first-order valence-electron chi connectivity index (χ1n) is 11.6. The number of hydrogen-bond donors (Lipinski definition) is 1. The van der Waals surface area contributed by atoms with E-state index in [-0.39, 0.29) is 6.03 Å². The van der Waals surface area contributed by atoms with Crippen molar-refractivity contribution in [2.24, 2.45) is 0 Å². The van der Waals surface area contributed by atoms with Gasteiger partial charge in [-0.2, -0.15) is 5.10 Å². The number of unbranched alkanes of at least 4 members (excludes halogenated alkanes) is 1. The zero-order chi connectivity index (χ0) is 22.2. The van der Waals surface area contributed by atoms with Gasteiger partial charge in [-0.15, -0.1) is 0 Å². The smallest absolute Gasteiger partial charge is 0.317 e. The molecule has 1 saturated heterocycles. The highest BCUT2D eigenvalue weighted by atomic mass is 16.2. The van der Waals surface area contributed by atoms with Gasteiger partial charge in [-0.25, -0.2) is 9.48 Å². The molecule has 0 spiro atoms. The molecule has 1 N–H and O–H groups in total. The van der Waals surface area contributed by atoms with Gasteiger partial charge in [0, 0.05) is 44.8 Å². The van der Waals surface area contributed by atoms with Crippen molar-refractivity contribution in [2.45, 2.75) is 46.6 Å². The average molecular weight is 427 g/mol. The van der Waals surface area contributed by atoms with E-state index in [4.69, 9.17) is 5.10 Å². The second-order valence-corrected chi connectivity index (χ2v) is 8.43. The lowest BCUT2D eigenvalue weighted by atomic mass is 10.2. The summed E-state index contributed by atoms with van der Waals surface area (Å²) in [6, 6.07) is 10.3. The number of para-hydroxylation sites is 1. The average Bonchev–Trinajstić information content (AvgIpc) is 3.10. The predicted molar refractivity (Wildman–Crippen MR) is 127 cm³/mol. The minimum Gasteiger partial charge on any atom is -0.354 e. The monoisotopic (exact) mass is 426 g/mol. The van der Waals surface area contributed by atoms with E-state index >= 15 is 0 Å². The van der Waals surface area contributed by atoms with Crippen LogP contribution in [0.2, 0.25) is 0 Å². The summed E-state index contributed by atoms with van der Waals surface area (Å²) in [5.74, 6) is 1.12. The zero-order valence-electron chi connectivity index (χ0n) is 19.6. The molecule has 0 radical (unpaired) electrons. The van der Waals surface area contributed by atoms with E-state index in [0.29, 0.717) is 6.54 Å². The molecule has 1 aromatic heterocycles. The number of aromatic nitrogens is 2. The molecule has 7 nitrogen and oxygen atoms in total. The Kier molecular flexibility index (Phi) is 8.35. The molecule has 7 heteroatoms. The summed E-state index contributed by atoms with van der Waals surface area (Å²) >= 11 is 0. The van der Waals surface area contributed by atoms with E-state index in [1.54, 1.807) is 0 Å². The van der Waals surface area contributed by atoms with Crippen molar-refractivity contribution in [2.75, 3.05) is 51.2 Å². The van der Waals surface area contributed by atoms with Crippen molar-refractivity contribution < 1.29 is 4.79 Å². The number of rotatable bonds is 9. The quantitative estimate of drug-likeness (QED) is 0.622. The van der Waals surface area contributed by atoms with E-state index in [9.17, 15) is 4.79 Å². The SMILES string of the molecule is CCCCNC(=O)N(CCC)Cc1c(C)nn(-c2ccccc2)c1N1CCN(C)CC1. The number of benzene rings is 1. The van der Waals surface area contributed by atoms with Gasteiger partial charge in [-0.05, 0) is 38.9 Å². The molecule has 2 amide bonds. The van der Waals surface area contributed by atoms with Crippen LogP contribution in [-0.4, -0.2) is 71.9 Å². The standard InChI is InChI=1S/C24H38N6O/c1-5-7-13-25-24(31)29(14-6-2)19-22-20(3)26-30(21-11-9-8-10-12-21)23(22)28-17-15-27(4)16-18-28/h8-12H,5-7,13-19H2,1-4H3,(H,25,31). The van der Waals surface area contributed by atoms with Gasteiger partial charge in [-0.1, -0.05) is 38.5 Å². The molecule has 0 unspecified atom stereocenters. The number of nitrogens with one attached hydrogen (secondary N) is 1. The molecule has 0 aliphatic carbocycles. The molecule has 31 heavy (non-hydrogen) atoms. The molecule has 1 aliphatic heterocycles. The van der Waals surface area contributed by atoms with E-state index in [1.807, 2.05) is 23.1 Å². The van der Waals surface area contributed by atoms with Gasteiger partial charge in [0.1, 0.15) is 5.82 Å². The highest BCUT2D eigenvalue weighted by Gasteiger charge is 2.26. The predicted octanol–water partition coefficient (Wildman–Crippen LogP) is 3.65. The summed E-state index contributed by atoms with van der Waals surface area (Å²) < 4.78 is 2.06. The van der Waals surface area contributed by atoms with Crippen LogP contribution >= 0.6 is 0 Å². The Hall–Kier alpha value is -2.54. The number of piperazine rings is 1. The van der Waals surface area contributed by atoms with Crippen molar-refractivity contribution in [3.8, 4) is 5.69 Å². The molecule has 170 valence electrons. The first-order valence-corrected chi connectivity index (χ1v) is 11.6. The Bertz CT molecular complexity index is 826. The number of nitrogens with zero attached hydrogens (tertiary/aromatic N) is 5. The summed E-state index contributed by atoms with van der Waals surface area (Å²) in [5.41, 5.74) is 3.19. The molecule has 1 aliphatic rings. The number of hydrogen-bond acceptors (Lipinski definition) is 4. The molecule has 2 aromatic rings. The van der Waals surface area contributed by atoms with Crippen molar-refractivity contribution in [3.05, 3.63) is 41.6 Å². The summed E-state index contributed by atoms with van der Waals surface area (Å²) in [5, 5.41) is 8.02. The molecule has 1 fully saturated rings. The van der Waals surface area contributed by atoms with E-state index in [0.717, 1.165) is 81.3 Å². The minimum atomic E-state index is 0.0199. The van der Waals surface area contributed by atoms with Gasteiger partial charge < -0.3 is 20.0 Å². The number of amides is 2. The van der Waals surface area contributed by atoms with Crippen LogP contribution in [0.15, 0.2) is 30.3 Å². The Balaban J connectivity index is 1.94. The van der Waals surface area contributed by atoms with Crippen LogP contribution in [0.1, 0.15) is 44.4 Å². The van der Waals surface area contributed by atoms with Gasteiger partial charge in [0.25, 0.3) is 0 Å². The Morgan fingerprint density at radius 1 is 1.10 bits per heavy atom. The fraction of sp³-hybridized carbons (Fsp3) is 0.583. The van der Waals surface area contributed by atoms with Crippen LogP contribution in [0, 0.1) is 6.92 Å². The van der Waals surface area contributed by atoms with Crippen molar-refractivity contribution in [1.29, 1.82) is 0 Å². The maximum Gasteiger partial charge on any atom is 0.317 e. The summed E-state index contributed by atoms with van der Waals surface area (Å²) in [7, 11) is 2.17. The highest BCUT2D eigenvalue weighted by Crippen LogP contribution is 2.29. The fourth-order valence-electron chi connectivity index (χ4n) is 4.02. The van der Waals surface area contributed by atoms with Gasteiger partial charge in [0.05, 0.1) is 17.9 Å². The topological polar surface area (TPSA) is 56.6 Å². The second-order valence-electron chi connectivity index (χ2n) is 8.43. The third-order valence-electron chi connectivity index (χ3n) is 5.90. The van der Waals surface area contributed by atoms with Crippen LogP contribution in [0.3, 0.4) is 0 Å². The number of carbonyl (C=O) groups excluding carboxylic acids is 1. The lowest BCUT2D eigenvalue weighted by molar-refractivity contribution is 0.195. The van der Waals surface area contributed by atoms with Crippen molar-refractivity contribution in [1.82, 2.24) is 24.9 Å². The lowest BCUT2D eigenvalue weighted by Crippen LogP contribution is -2.46. The maximum atomic E-state index is 12.9. The molecule has 0 saturated carbocycles. The van der Waals surface area contributed by atoms with Crippen LogP contribution in [0.5, 0.6) is 0 Å². The highest BCUT2D eigenvalue weighted by molar-refractivity contribution is 5.74. The van der Waals surface area contributed by atoms with Crippen molar-refractivity contribution in [3.63, 3.8) is 0 Å². The Morgan fingerprint density at radius 2 is 1.81 bits per heavy atom. The van der Waals surface area contributed by atoms with E-state index in [2.05, 4.69) is 59.8 Å². The third kappa shape index (κ3) is 5.79.